The van der Waals surface area contributed by atoms with Crippen LogP contribution >= 0.6 is 0 Å². The van der Waals surface area contributed by atoms with Crippen molar-refractivity contribution >= 4 is 17.6 Å². The Kier molecular flexibility index (Phi) is 9.08. The minimum Gasteiger partial charge on any atom is -0.494 e. The molecule has 9 heteroatoms. The minimum atomic E-state index is -0.912. The predicted octanol–water partition coefficient (Wildman–Crippen LogP) is 4.15. The highest BCUT2D eigenvalue weighted by Gasteiger charge is 2.20. The zero-order valence-corrected chi connectivity index (χ0v) is 22.0. The van der Waals surface area contributed by atoms with E-state index < -0.39 is 29.2 Å². The molecule has 4 aromatic rings. The molecule has 0 spiro atoms. The SMILES string of the molecule is Cc1ccc(C(=O)c2ccc(=O)n(-c3ccc(OCCCN[C@@H](Cc4ccccc4)C(=O)O)cc3)c2N)c(F)c1. The summed E-state index contributed by atoms with van der Waals surface area (Å²) in [4.78, 5) is 37.2. The molecule has 206 valence electrons. The van der Waals surface area contributed by atoms with Crippen LogP contribution in [0, 0.1) is 12.7 Å². The lowest BCUT2D eigenvalue weighted by atomic mass is 10.0. The fraction of sp³-hybridized carbons (Fsp3) is 0.194. The number of aliphatic carboxylic acids is 1. The van der Waals surface area contributed by atoms with Gasteiger partial charge in [-0.2, -0.15) is 0 Å². The number of nitrogen functional groups attached to an aromatic ring is 1. The summed E-state index contributed by atoms with van der Waals surface area (Å²) in [5.41, 5.74) is 7.70. The number of benzene rings is 3. The van der Waals surface area contributed by atoms with E-state index in [0.29, 0.717) is 43.0 Å². The number of aryl methyl sites for hydroxylation is 1. The van der Waals surface area contributed by atoms with Gasteiger partial charge >= 0.3 is 5.97 Å². The molecule has 3 aromatic carbocycles. The number of rotatable bonds is 12. The average molecular weight is 544 g/mol. The van der Waals surface area contributed by atoms with Crippen LogP contribution in [0.3, 0.4) is 0 Å². The normalized spacial score (nSPS) is 11.7. The Morgan fingerprint density at radius 3 is 2.38 bits per heavy atom. The standard InChI is InChI=1S/C31H30FN3O5/c1-20-8-13-24(26(32)18-20)29(37)25-14-15-28(36)35(30(25)33)22-9-11-23(12-10-22)40-17-5-16-34-27(31(38)39)19-21-6-3-2-4-7-21/h2-4,6-15,18,27,34H,5,16-17,19,33H2,1H3,(H,38,39)/t27-/m0/s1. The molecular formula is C31H30FN3O5. The van der Waals surface area contributed by atoms with Gasteiger partial charge in [0.25, 0.3) is 5.56 Å². The summed E-state index contributed by atoms with van der Waals surface area (Å²) in [5, 5.41) is 12.5. The Hall–Kier alpha value is -4.76. The van der Waals surface area contributed by atoms with Crippen molar-refractivity contribution < 1.29 is 23.8 Å². The summed E-state index contributed by atoms with van der Waals surface area (Å²) in [6.45, 7) is 2.52. The lowest BCUT2D eigenvalue weighted by molar-refractivity contribution is -0.139. The number of hydrogen-bond acceptors (Lipinski definition) is 6. The quantitative estimate of drug-likeness (QED) is 0.181. The first-order chi connectivity index (χ1) is 19.2. The van der Waals surface area contributed by atoms with Gasteiger partial charge in [-0.1, -0.05) is 36.4 Å². The molecule has 0 unspecified atom stereocenters. The van der Waals surface area contributed by atoms with Crippen molar-refractivity contribution in [1.82, 2.24) is 9.88 Å². The van der Waals surface area contributed by atoms with E-state index in [1.165, 1.54) is 28.8 Å². The fourth-order valence-electron chi connectivity index (χ4n) is 4.29. The van der Waals surface area contributed by atoms with Crippen LogP contribution in [0.5, 0.6) is 5.75 Å². The van der Waals surface area contributed by atoms with Crippen molar-refractivity contribution in [2.75, 3.05) is 18.9 Å². The molecule has 1 heterocycles. The number of pyridine rings is 1. The minimum absolute atomic E-state index is 0.0158. The van der Waals surface area contributed by atoms with Crippen LogP contribution in [0.1, 0.15) is 33.5 Å². The van der Waals surface area contributed by atoms with Gasteiger partial charge in [-0.05, 0) is 79.9 Å². The number of ketones is 1. The molecule has 0 aliphatic rings. The zero-order chi connectivity index (χ0) is 28.6. The van der Waals surface area contributed by atoms with Gasteiger partial charge in [0.1, 0.15) is 23.4 Å². The third-order valence-corrected chi connectivity index (χ3v) is 6.40. The van der Waals surface area contributed by atoms with E-state index in [2.05, 4.69) is 5.32 Å². The number of carbonyl (C=O) groups is 2. The van der Waals surface area contributed by atoms with Gasteiger partial charge in [0.05, 0.1) is 23.4 Å². The van der Waals surface area contributed by atoms with Crippen molar-refractivity contribution in [1.29, 1.82) is 0 Å². The topological polar surface area (TPSA) is 124 Å². The molecule has 0 bridgehead atoms. The number of halogens is 1. The first-order valence-corrected chi connectivity index (χ1v) is 12.8. The van der Waals surface area contributed by atoms with Crippen LogP contribution < -0.4 is 21.3 Å². The van der Waals surface area contributed by atoms with Crippen molar-refractivity contribution in [2.45, 2.75) is 25.8 Å². The van der Waals surface area contributed by atoms with E-state index >= 15 is 0 Å². The summed E-state index contributed by atoms with van der Waals surface area (Å²) in [6.07, 6.45) is 0.959. The smallest absolute Gasteiger partial charge is 0.321 e. The summed E-state index contributed by atoms with van der Waals surface area (Å²) >= 11 is 0. The maximum Gasteiger partial charge on any atom is 0.321 e. The molecular weight excluding hydrogens is 513 g/mol. The molecule has 1 aromatic heterocycles. The van der Waals surface area contributed by atoms with E-state index in [1.54, 1.807) is 37.3 Å². The van der Waals surface area contributed by atoms with Crippen molar-refractivity contribution in [3.8, 4) is 11.4 Å². The van der Waals surface area contributed by atoms with Gasteiger partial charge < -0.3 is 20.9 Å². The summed E-state index contributed by atoms with van der Waals surface area (Å²) in [5.74, 6) is -1.74. The molecule has 4 rings (SSSR count). The Morgan fingerprint density at radius 2 is 1.70 bits per heavy atom. The van der Waals surface area contributed by atoms with Gasteiger partial charge in [0.2, 0.25) is 0 Å². The van der Waals surface area contributed by atoms with E-state index in [-0.39, 0.29) is 16.9 Å². The van der Waals surface area contributed by atoms with E-state index in [9.17, 15) is 23.9 Å². The predicted molar refractivity (Wildman–Crippen MR) is 151 cm³/mol. The third-order valence-electron chi connectivity index (χ3n) is 6.40. The molecule has 0 aliphatic carbocycles. The molecule has 40 heavy (non-hydrogen) atoms. The lowest BCUT2D eigenvalue weighted by Crippen LogP contribution is -2.39. The number of ether oxygens (including phenoxy) is 1. The summed E-state index contributed by atoms with van der Waals surface area (Å²) < 4.78 is 21.3. The van der Waals surface area contributed by atoms with Gasteiger partial charge in [-0.25, -0.2) is 4.39 Å². The number of nitrogens with two attached hydrogens (primary N) is 1. The number of carboxylic acids is 1. The molecule has 0 saturated heterocycles. The molecule has 0 radical (unpaired) electrons. The number of aromatic nitrogens is 1. The van der Waals surface area contributed by atoms with E-state index in [4.69, 9.17) is 10.5 Å². The maximum absolute atomic E-state index is 14.4. The second-order valence-electron chi connectivity index (χ2n) is 9.35. The third kappa shape index (κ3) is 6.81. The molecule has 0 aliphatic heterocycles. The summed E-state index contributed by atoms with van der Waals surface area (Å²) in [7, 11) is 0. The van der Waals surface area contributed by atoms with Crippen LogP contribution in [0.4, 0.5) is 10.2 Å². The Labute approximate surface area is 230 Å². The monoisotopic (exact) mass is 543 g/mol. The lowest BCUT2D eigenvalue weighted by Gasteiger charge is -2.15. The largest absolute Gasteiger partial charge is 0.494 e. The van der Waals surface area contributed by atoms with Gasteiger partial charge in [0, 0.05) is 6.07 Å². The first-order valence-electron chi connectivity index (χ1n) is 12.8. The number of carboxylic acid groups (broad SMARTS) is 1. The van der Waals surface area contributed by atoms with Crippen molar-refractivity contribution in [3.05, 3.63) is 123 Å². The molecule has 1 atom stereocenters. The van der Waals surface area contributed by atoms with Crippen LogP contribution in [-0.2, 0) is 11.2 Å². The van der Waals surface area contributed by atoms with Crippen molar-refractivity contribution in [2.24, 2.45) is 0 Å². The molecule has 0 amide bonds. The Morgan fingerprint density at radius 1 is 1.00 bits per heavy atom. The van der Waals surface area contributed by atoms with Crippen LogP contribution in [0.2, 0.25) is 0 Å². The number of anilines is 1. The van der Waals surface area contributed by atoms with E-state index in [0.717, 1.165) is 5.56 Å². The maximum atomic E-state index is 14.4. The van der Waals surface area contributed by atoms with Crippen LogP contribution in [-0.4, -0.2) is 40.6 Å². The van der Waals surface area contributed by atoms with Crippen molar-refractivity contribution in [3.63, 3.8) is 0 Å². The molecule has 8 nitrogen and oxygen atoms in total. The first kappa shape index (κ1) is 28.3. The number of nitrogens with one attached hydrogen (secondary N) is 1. The highest BCUT2D eigenvalue weighted by Crippen LogP contribution is 2.22. The number of hydrogen-bond donors (Lipinski definition) is 3. The Balaban J connectivity index is 1.37. The molecule has 4 N–H and O–H groups in total. The highest BCUT2D eigenvalue weighted by molar-refractivity contribution is 6.11. The number of nitrogens with zero attached hydrogens (tertiary/aromatic N) is 1. The highest BCUT2D eigenvalue weighted by atomic mass is 19.1. The van der Waals surface area contributed by atoms with Gasteiger partial charge in [-0.15, -0.1) is 0 Å². The Bertz CT molecular complexity index is 1550. The molecule has 0 saturated carbocycles. The van der Waals surface area contributed by atoms with Crippen LogP contribution in [0.15, 0.2) is 89.7 Å². The van der Waals surface area contributed by atoms with Crippen LogP contribution in [0.25, 0.3) is 5.69 Å². The van der Waals surface area contributed by atoms with Gasteiger partial charge in [-0.3, -0.25) is 19.0 Å². The molecule has 0 fully saturated rings. The second-order valence-corrected chi connectivity index (χ2v) is 9.35. The zero-order valence-electron chi connectivity index (χ0n) is 22.0. The average Bonchev–Trinajstić information content (AvgIpc) is 2.93. The second kappa shape index (κ2) is 12.9. The van der Waals surface area contributed by atoms with Gasteiger partial charge in [0.15, 0.2) is 5.78 Å². The fourth-order valence-corrected chi connectivity index (χ4v) is 4.29. The summed E-state index contributed by atoms with van der Waals surface area (Å²) in [6, 6.07) is 22.1. The number of carbonyl (C=O) groups excluding carboxylic acids is 1. The van der Waals surface area contributed by atoms with E-state index in [1.807, 2.05) is 30.3 Å².